The van der Waals surface area contributed by atoms with Crippen LogP contribution in [0.5, 0.6) is 0 Å². The van der Waals surface area contributed by atoms with Gasteiger partial charge in [-0.25, -0.2) is 15.0 Å². The first kappa shape index (κ1) is 35.5. The van der Waals surface area contributed by atoms with E-state index in [0.29, 0.717) is 17.5 Å². The topological polar surface area (TPSA) is 48.5 Å². The van der Waals surface area contributed by atoms with Crippen molar-refractivity contribution in [2.75, 3.05) is 0 Å². The minimum absolute atomic E-state index is 0.610. The molecule has 12 rings (SSSR count). The Morgan fingerprint density at radius 2 is 0.726 bits per heavy atom. The molecule has 0 saturated heterocycles. The van der Waals surface area contributed by atoms with Crippen LogP contribution in [0.4, 0.5) is 0 Å². The van der Waals surface area contributed by atoms with Gasteiger partial charge in [0.1, 0.15) is 0 Å². The quantitative estimate of drug-likeness (QED) is 0.162. The second-order valence-electron chi connectivity index (χ2n) is 15.6. The summed E-state index contributed by atoms with van der Waals surface area (Å²) in [5.41, 5.74) is 13.8. The zero-order valence-electron chi connectivity index (χ0n) is 33.6. The zero-order chi connectivity index (χ0) is 41.0. The molecule has 0 fully saturated rings. The molecule has 0 spiro atoms. The van der Waals surface area contributed by atoms with Gasteiger partial charge in [-0.15, -0.1) is 0 Å². The Labute approximate surface area is 358 Å². The van der Waals surface area contributed by atoms with Crippen LogP contribution in [0, 0.1) is 0 Å². The van der Waals surface area contributed by atoms with Gasteiger partial charge < -0.3 is 9.13 Å². The molecule has 62 heavy (non-hydrogen) atoms. The summed E-state index contributed by atoms with van der Waals surface area (Å²) in [5, 5.41) is 4.86. The van der Waals surface area contributed by atoms with E-state index >= 15 is 0 Å². The molecule has 0 bridgehead atoms. The van der Waals surface area contributed by atoms with Crippen LogP contribution in [0.1, 0.15) is 0 Å². The van der Waals surface area contributed by atoms with Crippen molar-refractivity contribution in [2.45, 2.75) is 0 Å². The van der Waals surface area contributed by atoms with Gasteiger partial charge in [0.15, 0.2) is 17.5 Å². The van der Waals surface area contributed by atoms with Gasteiger partial charge in [0, 0.05) is 49.6 Å². The van der Waals surface area contributed by atoms with E-state index in [2.05, 4.69) is 197 Å². The summed E-state index contributed by atoms with van der Waals surface area (Å²) in [5.74, 6) is 1.85. The lowest BCUT2D eigenvalue weighted by atomic mass is 9.90. The van der Waals surface area contributed by atoms with Crippen molar-refractivity contribution in [3.63, 3.8) is 0 Å². The summed E-state index contributed by atoms with van der Waals surface area (Å²) in [6.45, 7) is 0. The monoisotopic (exact) mass is 791 g/mol. The number of fused-ring (bicyclic) bond motifs is 7. The van der Waals surface area contributed by atoms with Crippen molar-refractivity contribution in [3.05, 3.63) is 224 Å². The molecule has 12 aromatic rings. The molecule has 0 aliphatic rings. The van der Waals surface area contributed by atoms with Gasteiger partial charge in [-0.2, -0.15) is 0 Å². The molecule has 290 valence electrons. The van der Waals surface area contributed by atoms with E-state index in [0.717, 1.165) is 61.4 Å². The fourth-order valence-corrected chi connectivity index (χ4v) is 9.24. The third-order valence-corrected chi connectivity index (χ3v) is 12.0. The Hall–Kier alpha value is -8.41. The van der Waals surface area contributed by atoms with Crippen molar-refractivity contribution < 1.29 is 0 Å². The Kier molecular flexibility index (Phi) is 8.42. The van der Waals surface area contributed by atoms with Crippen LogP contribution in [0.25, 0.3) is 111 Å². The van der Waals surface area contributed by atoms with Crippen LogP contribution in [0.2, 0.25) is 0 Å². The van der Waals surface area contributed by atoms with Gasteiger partial charge >= 0.3 is 0 Å². The van der Waals surface area contributed by atoms with Crippen LogP contribution in [-0.2, 0) is 0 Å². The highest BCUT2D eigenvalue weighted by atomic mass is 15.0. The van der Waals surface area contributed by atoms with Crippen molar-refractivity contribution in [1.82, 2.24) is 24.1 Å². The highest BCUT2D eigenvalue weighted by molar-refractivity contribution is 6.26. The summed E-state index contributed by atoms with van der Waals surface area (Å²) in [6, 6.07) is 79.2. The van der Waals surface area contributed by atoms with E-state index in [-0.39, 0.29) is 0 Å². The lowest BCUT2D eigenvalue weighted by Crippen LogP contribution is -2.04. The van der Waals surface area contributed by atoms with E-state index in [1.165, 1.54) is 32.6 Å². The first-order chi connectivity index (χ1) is 30.8. The molecule has 0 aliphatic carbocycles. The Bertz CT molecular complexity index is 3480. The number of hydrogen-bond acceptors (Lipinski definition) is 3. The lowest BCUT2D eigenvalue weighted by molar-refractivity contribution is 1.07. The number of benzene rings is 9. The minimum Gasteiger partial charge on any atom is -0.309 e. The number of para-hydroxylation sites is 3. The highest BCUT2D eigenvalue weighted by Crippen LogP contribution is 2.46. The summed E-state index contributed by atoms with van der Waals surface area (Å²) >= 11 is 0. The number of hydrogen-bond donors (Lipinski definition) is 0. The number of aromatic nitrogens is 5. The first-order valence-electron chi connectivity index (χ1n) is 21.0. The maximum Gasteiger partial charge on any atom is 0.165 e. The molecule has 0 atom stereocenters. The second-order valence-corrected chi connectivity index (χ2v) is 15.6. The predicted molar refractivity (Wildman–Crippen MR) is 256 cm³/mol. The molecule has 0 aliphatic heterocycles. The Morgan fingerprint density at radius 1 is 0.290 bits per heavy atom. The lowest BCUT2D eigenvalue weighted by Gasteiger charge is -2.20. The Balaban J connectivity index is 1.21. The standard InChI is InChI=1S/C57H37N5/c1-6-20-38(21-7-1)47-36-43(37-48(39-22-8-2-9-23-39)52(47)57-59-55(40-24-10-3-11-25-40)58-56(60-57)41-26-12-4-13-27-41)61-50-33-19-17-31-46(50)53-51(61)35-34-45-44-30-16-18-32-49(44)62(54(45)53)42-28-14-5-15-29-42/h1-37H. The molecular formula is C57H37N5. The Morgan fingerprint density at radius 3 is 1.27 bits per heavy atom. The van der Waals surface area contributed by atoms with E-state index in [9.17, 15) is 0 Å². The van der Waals surface area contributed by atoms with Crippen molar-refractivity contribution >= 4 is 43.6 Å². The molecule has 0 radical (unpaired) electrons. The van der Waals surface area contributed by atoms with Crippen LogP contribution in [-0.4, -0.2) is 24.1 Å². The van der Waals surface area contributed by atoms with Crippen LogP contribution >= 0.6 is 0 Å². The largest absolute Gasteiger partial charge is 0.309 e. The third-order valence-electron chi connectivity index (χ3n) is 12.0. The maximum absolute atomic E-state index is 5.33. The fraction of sp³-hybridized carbons (Fsp3) is 0. The highest BCUT2D eigenvalue weighted by Gasteiger charge is 2.25. The molecule has 5 nitrogen and oxygen atoms in total. The summed E-state index contributed by atoms with van der Waals surface area (Å²) < 4.78 is 4.88. The van der Waals surface area contributed by atoms with E-state index < -0.39 is 0 Å². The smallest absolute Gasteiger partial charge is 0.165 e. The van der Waals surface area contributed by atoms with E-state index in [4.69, 9.17) is 15.0 Å². The van der Waals surface area contributed by atoms with Gasteiger partial charge in [-0.05, 0) is 64.7 Å². The van der Waals surface area contributed by atoms with Crippen LogP contribution in [0.15, 0.2) is 224 Å². The van der Waals surface area contributed by atoms with Crippen molar-refractivity contribution in [2.24, 2.45) is 0 Å². The van der Waals surface area contributed by atoms with Crippen molar-refractivity contribution in [1.29, 1.82) is 0 Å². The summed E-state index contributed by atoms with van der Waals surface area (Å²) in [4.78, 5) is 15.7. The molecule has 3 heterocycles. The molecule has 0 unspecified atom stereocenters. The van der Waals surface area contributed by atoms with Crippen LogP contribution < -0.4 is 0 Å². The molecular weight excluding hydrogens is 755 g/mol. The molecule has 9 aromatic carbocycles. The fourth-order valence-electron chi connectivity index (χ4n) is 9.24. The van der Waals surface area contributed by atoms with Gasteiger partial charge in [-0.1, -0.05) is 182 Å². The summed E-state index contributed by atoms with van der Waals surface area (Å²) in [6.07, 6.45) is 0. The number of nitrogens with zero attached hydrogens (tertiary/aromatic N) is 5. The first-order valence-corrected chi connectivity index (χ1v) is 21.0. The van der Waals surface area contributed by atoms with Gasteiger partial charge in [-0.3, -0.25) is 0 Å². The number of rotatable bonds is 7. The third kappa shape index (κ3) is 5.82. The molecule has 5 heteroatoms. The second kappa shape index (κ2) is 14.7. The van der Waals surface area contributed by atoms with Gasteiger partial charge in [0.2, 0.25) is 0 Å². The van der Waals surface area contributed by atoms with E-state index in [1.807, 2.05) is 36.4 Å². The SMILES string of the molecule is c1ccc(-c2nc(-c3ccccc3)nc(-c3c(-c4ccccc4)cc(-n4c5ccccc5c5c4ccc4c6ccccc6n(-c6ccccc6)c45)cc3-c3ccccc3)n2)cc1. The maximum atomic E-state index is 5.33. The average molecular weight is 792 g/mol. The molecule has 3 aromatic heterocycles. The van der Waals surface area contributed by atoms with Crippen molar-refractivity contribution in [3.8, 4) is 67.8 Å². The minimum atomic E-state index is 0.610. The summed E-state index contributed by atoms with van der Waals surface area (Å²) in [7, 11) is 0. The zero-order valence-corrected chi connectivity index (χ0v) is 33.6. The van der Waals surface area contributed by atoms with Gasteiger partial charge in [0.25, 0.3) is 0 Å². The average Bonchev–Trinajstić information content (AvgIpc) is 3.88. The normalized spacial score (nSPS) is 11.5. The predicted octanol–water partition coefficient (Wildman–Crippen LogP) is 14.4. The molecule has 0 N–H and O–H groups in total. The van der Waals surface area contributed by atoms with Crippen LogP contribution in [0.3, 0.4) is 0 Å². The molecule has 0 amide bonds. The van der Waals surface area contributed by atoms with Gasteiger partial charge in [0.05, 0.1) is 22.1 Å². The van der Waals surface area contributed by atoms with E-state index in [1.54, 1.807) is 0 Å². The molecule has 0 saturated carbocycles.